The molecule has 0 atom stereocenters. The zero-order valence-electron chi connectivity index (χ0n) is 12.1. The summed E-state index contributed by atoms with van der Waals surface area (Å²) >= 11 is 5.87. The van der Waals surface area contributed by atoms with E-state index in [2.05, 4.69) is 15.4 Å². The van der Waals surface area contributed by atoms with Crippen molar-refractivity contribution in [2.45, 2.75) is 0 Å². The van der Waals surface area contributed by atoms with Crippen molar-refractivity contribution in [2.24, 2.45) is 0 Å². The quantitative estimate of drug-likeness (QED) is 0.648. The highest BCUT2D eigenvalue weighted by atomic mass is 35.5. The number of aliphatic carboxylic acids is 1. The van der Waals surface area contributed by atoms with Crippen molar-refractivity contribution >= 4 is 35.0 Å². The molecule has 24 heavy (non-hydrogen) atoms. The second-order valence-corrected chi connectivity index (χ2v) is 5.32. The fraction of sp³-hybridized carbons (Fsp3) is 0.0667. The average Bonchev–Trinajstić information content (AvgIpc) is 2.97. The zero-order valence-corrected chi connectivity index (χ0v) is 12.9. The molecule has 0 spiro atoms. The first-order chi connectivity index (χ1) is 11.4. The molecule has 1 aromatic carbocycles. The molecular formula is C15H11ClN4O4. The van der Waals surface area contributed by atoms with Crippen LogP contribution in [0, 0.1) is 0 Å². The first kappa shape index (κ1) is 15.8. The van der Waals surface area contributed by atoms with E-state index in [0.29, 0.717) is 16.5 Å². The molecular weight excluding hydrogens is 336 g/mol. The van der Waals surface area contributed by atoms with Gasteiger partial charge in [0.05, 0.1) is 5.69 Å². The first-order valence-electron chi connectivity index (χ1n) is 6.80. The normalized spacial score (nSPS) is 10.7. The Hall–Kier alpha value is -3.13. The van der Waals surface area contributed by atoms with Gasteiger partial charge in [-0.25, -0.2) is 9.78 Å². The summed E-state index contributed by atoms with van der Waals surface area (Å²) in [6, 6.07) is 9.83. The van der Waals surface area contributed by atoms with Crippen molar-refractivity contribution in [3.63, 3.8) is 0 Å². The number of carbonyl (C=O) groups is 2. The number of anilines is 1. The van der Waals surface area contributed by atoms with Gasteiger partial charge in [-0.2, -0.15) is 9.61 Å². The second kappa shape index (κ2) is 6.17. The minimum absolute atomic E-state index is 0.186. The van der Waals surface area contributed by atoms with Crippen LogP contribution in [-0.4, -0.2) is 43.3 Å². The van der Waals surface area contributed by atoms with Gasteiger partial charge in [0, 0.05) is 22.7 Å². The predicted molar refractivity (Wildman–Crippen MR) is 86.5 cm³/mol. The molecule has 0 aliphatic rings. The van der Waals surface area contributed by atoms with Gasteiger partial charge in [0.1, 0.15) is 12.4 Å². The molecule has 0 aliphatic heterocycles. The number of fused-ring (bicyclic) bond motifs is 1. The van der Waals surface area contributed by atoms with Crippen LogP contribution in [0.2, 0.25) is 5.02 Å². The molecule has 2 heterocycles. The third-order valence-electron chi connectivity index (χ3n) is 3.21. The van der Waals surface area contributed by atoms with Crippen LogP contribution in [0.5, 0.6) is 0 Å². The lowest BCUT2D eigenvalue weighted by atomic mass is 10.1. The van der Waals surface area contributed by atoms with E-state index in [1.807, 2.05) is 0 Å². The van der Waals surface area contributed by atoms with Crippen LogP contribution in [0.3, 0.4) is 0 Å². The summed E-state index contributed by atoms with van der Waals surface area (Å²) in [6.45, 7) is -0.346. The summed E-state index contributed by atoms with van der Waals surface area (Å²) in [5.74, 6) is -1.93. The Bertz CT molecular complexity index is 937. The molecule has 3 aromatic rings. The van der Waals surface area contributed by atoms with Crippen LogP contribution < -0.4 is 5.32 Å². The highest BCUT2D eigenvalue weighted by molar-refractivity contribution is 6.30. The van der Waals surface area contributed by atoms with Crippen molar-refractivity contribution in [3.05, 3.63) is 47.1 Å². The molecule has 3 N–H and O–H groups in total. The van der Waals surface area contributed by atoms with Crippen LogP contribution in [0.25, 0.3) is 16.9 Å². The van der Waals surface area contributed by atoms with E-state index in [1.54, 1.807) is 30.3 Å². The molecule has 0 saturated carbocycles. The fourth-order valence-corrected chi connectivity index (χ4v) is 2.27. The van der Waals surface area contributed by atoms with E-state index in [0.717, 1.165) is 5.56 Å². The molecule has 0 aliphatic carbocycles. The molecule has 9 heteroatoms. The molecule has 8 nitrogen and oxygen atoms in total. The Morgan fingerprint density at radius 2 is 1.88 bits per heavy atom. The van der Waals surface area contributed by atoms with Gasteiger partial charge in [0.2, 0.25) is 0 Å². The summed E-state index contributed by atoms with van der Waals surface area (Å²) in [4.78, 5) is 26.3. The number of nitrogens with zero attached hydrogens (tertiary/aromatic N) is 3. The monoisotopic (exact) mass is 346 g/mol. The van der Waals surface area contributed by atoms with E-state index in [1.165, 1.54) is 10.6 Å². The van der Waals surface area contributed by atoms with Crippen LogP contribution in [0.1, 0.15) is 10.5 Å². The molecule has 0 saturated heterocycles. The molecule has 122 valence electrons. The van der Waals surface area contributed by atoms with Crippen molar-refractivity contribution in [1.29, 1.82) is 0 Å². The van der Waals surface area contributed by atoms with Crippen LogP contribution in [0.15, 0.2) is 36.4 Å². The topological polar surface area (TPSA) is 117 Å². The van der Waals surface area contributed by atoms with Gasteiger partial charge in [-0.3, -0.25) is 4.79 Å². The maximum atomic E-state index is 11.1. The first-order valence-corrected chi connectivity index (χ1v) is 7.17. The van der Waals surface area contributed by atoms with Crippen molar-refractivity contribution in [2.75, 3.05) is 11.9 Å². The number of hydrogen-bond acceptors (Lipinski definition) is 5. The lowest BCUT2D eigenvalue weighted by Crippen LogP contribution is -2.15. The summed E-state index contributed by atoms with van der Waals surface area (Å²) in [6.07, 6.45) is 0. The van der Waals surface area contributed by atoms with Gasteiger partial charge in [0.25, 0.3) is 0 Å². The van der Waals surface area contributed by atoms with Crippen LogP contribution in [0.4, 0.5) is 5.82 Å². The molecule has 0 fully saturated rings. The third-order valence-corrected chi connectivity index (χ3v) is 3.46. The Morgan fingerprint density at radius 3 is 2.50 bits per heavy atom. The average molecular weight is 347 g/mol. The number of aromatic carboxylic acids is 1. The van der Waals surface area contributed by atoms with Crippen molar-refractivity contribution < 1.29 is 19.8 Å². The molecule has 0 radical (unpaired) electrons. The lowest BCUT2D eigenvalue weighted by Gasteiger charge is -2.09. The van der Waals surface area contributed by atoms with E-state index in [4.69, 9.17) is 21.8 Å². The molecule has 2 aromatic heterocycles. The van der Waals surface area contributed by atoms with Gasteiger partial charge in [-0.1, -0.05) is 23.7 Å². The molecule has 0 bridgehead atoms. The predicted octanol–water partition coefficient (Wildman–Crippen LogP) is 2.24. The van der Waals surface area contributed by atoms with Crippen LogP contribution >= 0.6 is 11.6 Å². The smallest absolute Gasteiger partial charge is 0.356 e. The highest BCUT2D eigenvalue weighted by Gasteiger charge is 2.15. The van der Waals surface area contributed by atoms with E-state index >= 15 is 0 Å². The number of carboxylic acid groups (broad SMARTS) is 2. The zero-order chi connectivity index (χ0) is 17.3. The highest BCUT2D eigenvalue weighted by Crippen LogP contribution is 2.24. The molecule has 0 amide bonds. The SMILES string of the molecule is O=C(O)CNc1cc(-c2ccc(Cl)cc2)nc2cc(C(=O)O)nn12. The summed E-state index contributed by atoms with van der Waals surface area (Å²) in [5, 5.41) is 25.1. The number of halogens is 1. The molecule has 0 unspecified atom stereocenters. The maximum Gasteiger partial charge on any atom is 0.356 e. The summed E-state index contributed by atoms with van der Waals surface area (Å²) in [5.41, 5.74) is 1.38. The minimum atomic E-state index is -1.20. The number of hydrogen-bond donors (Lipinski definition) is 3. The van der Waals surface area contributed by atoms with Gasteiger partial charge in [0.15, 0.2) is 11.3 Å². The maximum absolute atomic E-state index is 11.1. The van der Waals surface area contributed by atoms with E-state index in [9.17, 15) is 9.59 Å². The van der Waals surface area contributed by atoms with Crippen molar-refractivity contribution in [3.8, 4) is 11.3 Å². The Kier molecular flexibility index (Phi) is 4.05. The lowest BCUT2D eigenvalue weighted by molar-refractivity contribution is -0.134. The van der Waals surface area contributed by atoms with Gasteiger partial charge in [-0.15, -0.1) is 0 Å². The number of carboxylic acids is 2. The number of benzene rings is 1. The number of rotatable bonds is 5. The Labute approximate surface area is 140 Å². The largest absolute Gasteiger partial charge is 0.480 e. The van der Waals surface area contributed by atoms with Gasteiger partial charge < -0.3 is 15.5 Å². The van der Waals surface area contributed by atoms with E-state index in [-0.39, 0.29) is 17.9 Å². The number of nitrogens with one attached hydrogen (secondary N) is 1. The number of aromatic nitrogens is 3. The van der Waals surface area contributed by atoms with Gasteiger partial charge >= 0.3 is 11.9 Å². The summed E-state index contributed by atoms with van der Waals surface area (Å²) in [7, 11) is 0. The second-order valence-electron chi connectivity index (χ2n) is 4.89. The molecule has 3 rings (SSSR count). The fourth-order valence-electron chi connectivity index (χ4n) is 2.14. The van der Waals surface area contributed by atoms with Gasteiger partial charge in [-0.05, 0) is 12.1 Å². The Balaban J connectivity index is 2.14. The summed E-state index contributed by atoms with van der Waals surface area (Å²) < 4.78 is 1.26. The van der Waals surface area contributed by atoms with E-state index < -0.39 is 11.9 Å². The Morgan fingerprint density at radius 1 is 1.17 bits per heavy atom. The van der Waals surface area contributed by atoms with Crippen LogP contribution in [-0.2, 0) is 4.79 Å². The van der Waals surface area contributed by atoms with Crippen molar-refractivity contribution in [1.82, 2.24) is 14.6 Å². The minimum Gasteiger partial charge on any atom is -0.480 e. The third kappa shape index (κ3) is 3.13. The standard InChI is InChI=1S/C15H11ClN4O4/c16-9-3-1-8(2-4-9)10-5-12(17-7-14(21)22)20-13(18-10)6-11(19-20)15(23)24/h1-6,17H,7H2,(H,21,22)(H,23,24).